The van der Waals surface area contributed by atoms with Crippen LogP contribution in [-0.2, 0) is 16.0 Å². The number of aromatic nitrogens is 3. The summed E-state index contributed by atoms with van der Waals surface area (Å²) in [6.07, 6.45) is 1.62. The Balaban J connectivity index is 1.92. The number of pyridine rings is 1. The lowest BCUT2D eigenvalue weighted by Gasteiger charge is -2.06. The first-order valence-electron chi connectivity index (χ1n) is 9.05. The number of hydrogen-bond donors (Lipinski definition) is 0. The fourth-order valence-corrected chi connectivity index (χ4v) is 3.27. The van der Waals surface area contributed by atoms with Crippen molar-refractivity contribution in [3.8, 4) is 22.8 Å². The Labute approximate surface area is 170 Å². The van der Waals surface area contributed by atoms with Crippen molar-refractivity contribution in [3.63, 3.8) is 0 Å². The van der Waals surface area contributed by atoms with Crippen LogP contribution >= 0.6 is 0 Å². The van der Waals surface area contributed by atoms with E-state index in [2.05, 4.69) is 14.8 Å². The molecule has 4 aromatic rings. The van der Waals surface area contributed by atoms with Crippen molar-refractivity contribution in [2.45, 2.75) is 6.42 Å². The zero-order chi connectivity index (χ0) is 21.3. The zero-order valence-corrected chi connectivity index (χ0v) is 16.2. The van der Waals surface area contributed by atoms with Gasteiger partial charge in [-0.2, -0.15) is 5.10 Å². The number of nitrogens with zero attached hydrogens (tertiary/aromatic N) is 3. The van der Waals surface area contributed by atoms with Crippen molar-refractivity contribution in [3.05, 3.63) is 71.9 Å². The van der Waals surface area contributed by atoms with E-state index in [1.165, 1.54) is 43.3 Å². The number of ether oxygens (including phenoxy) is 2. The maximum absolute atomic E-state index is 14.5. The summed E-state index contributed by atoms with van der Waals surface area (Å²) in [5.41, 5.74) is 2.04. The van der Waals surface area contributed by atoms with Gasteiger partial charge in [-0.25, -0.2) is 18.4 Å². The second-order valence-electron chi connectivity index (χ2n) is 6.49. The number of benzene rings is 2. The van der Waals surface area contributed by atoms with E-state index < -0.39 is 11.6 Å². The lowest BCUT2D eigenvalue weighted by molar-refractivity contribution is -0.139. The lowest BCUT2D eigenvalue weighted by Crippen LogP contribution is -2.04. The van der Waals surface area contributed by atoms with Crippen LogP contribution in [0.5, 0.6) is 5.88 Å². The summed E-state index contributed by atoms with van der Waals surface area (Å²) in [5, 5.41) is 5.01. The highest BCUT2D eigenvalue weighted by molar-refractivity contribution is 5.97. The molecule has 8 heteroatoms. The highest BCUT2D eigenvalue weighted by Crippen LogP contribution is 2.35. The molecule has 0 unspecified atom stereocenters. The Morgan fingerprint density at radius 2 is 1.73 bits per heavy atom. The predicted molar refractivity (Wildman–Crippen MR) is 106 cm³/mol. The van der Waals surface area contributed by atoms with E-state index in [4.69, 9.17) is 4.74 Å². The fourth-order valence-electron chi connectivity index (χ4n) is 3.27. The lowest BCUT2D eigenvalue weighted by atomic mass is 10.1. The van der Waals surface area contributed by atoms with E-state index in [0.717, 1.165) is 5.56 Å². The van der Waals surface area contributed by atoms with Crippen molar-refractivity contribution in [1.82, 2.24) is 14.8 Å². The Bertz CT molecular complexity index is 1220. The SMILES string of the molecule is COC(=O)Cc1ccc(-c2nn(-c3c(F)cccc3F)c3ccnc(OC)c23)cc1. The zero-order valence-electron chi connectivity index (χ0n) is 16.2. The van der Waals surface area contributed by atoms with Gasteiger partial charge in [0.2, 0.25) is 5.88 Å². The van der Waals surface area contributed by atoms with Gasteiger partial charge in [-0.1, -0.05) is 30.3 Å². The first-order chi connectivity index (χ1) is 14.5. The second kappa shape index (κ2) is 7.90. The number of para-hydroxylation sites is 1. The van der Waals surface area contributed by atoms with Crippen molar-refractivity contribution >= 4 is 16.9 Å². The molecule has 0 saturated heterocycles. The highest BCUT2D eigenvalue weighted by atomic mass is 19.1. The summed E-state index contributed by atoms with van der Waals surface area (Å²) < 4.78 is 40.2. The first-order valence-corrected chi connectivity index (χ1v) is 9.05. The van der Waals surface area contributed by atoms with Gasteiger partial charge in [0.15, 0.2) is 11.6 Å². The van der Waals surface area contributed by atoms with Gasteiger partial charge in [-0.15, -0.1) is 0 Å². The molecule has 0 bridgehead atoms. The molecule has 2 aromatic heterocycles. The number of halogens is 2. The minimum absolute atomic E-state index is 0.136. The predicted octanol–water partition coefficient (Wildman–Crippen LogP) is 4.09. The maximum Gasteiger partial charge on any atom is 0.309 e. The molecule has 6 nitrogen and oxygen atoms in total. The molecule has 2 aromatic carbocycles. The number of carbonyl (C=O) groups is 1. The average Bonchev–Trinajstić information content (AvgIpc) is 3.13. The molecule has 0 aliphatic carbocycles. The molecule has 30 heavy (non-hydrogen) atoms. The molecule has 2 heterocycles. The van der Waals surface area contributed by atoms with Crippen LogP contribution in [0.15, 0.2) is 54.7 Å². The van der Waals surface area contributed by atoms with Crippen LogP contribution in [-0.4, -0.2) is 35.0 Å². The van der Waals surface area contributed by atoms with E-state index in [9.17, 15) is 13.6 Å². The van der Waals surface area contributed by atoms with Crippen LogP contribution in [0.25, 0.3) is 27.8 Å². The molecule has 0 spiro atoms. The highest BCUT2D eigenvalue weighted by Gasteiger charge is 2.22. The van der Waals surface area contributed by atoms with E-state index in [1.807, 2.05) is 0 Å². The van der Waals surface area contributed by atoms with Gasteiger partial charge in [0, 0.05) is 11.8 Å². The molecule has 0 atom stereocenters. The maximum atomic E-state index is 14.5. The Kier molecular flexibility index (Phi) is 5.14. The second-order valence-corrected chi connectivity index (χ2v) is 6.49. The summed E-state index contributed by atoms with van der Waals surface area (Å²) in [5.74, 6) is -1.55. The minimum Gasteiger partial charge on any atom is -0.480 e. The minimum atomic E-state index is -0.741. The molecule has 0 aliphatic heterocycles. The van der Waals surface area contributed by atoms with E-state index in [1.54, 1.807) is 30.3 Å². The van der Waals surface area contributed by atoms with Crippen LogP contribution < -0.4 is 4.74 Å². The fraction of sp³-hybridized carbons (Fsp3) is 0.136. The van der Waals surface area contributed by atoms with Gasteiger partial charge < -0.3 is 9.47 Å². The van der Waals surface area contributed by atoms with Gasteiger partial charge in [0.25, 0.3) is 0 Å². The Morgan fingerprint density at radius 3 is 2.37 bits per heavy atom. The molecule has 0 fully saturated rings. The number of rotatable bonds is 5. The third kappa shape index (κ3) is 3.36. The number of esters is 1. The summed E-state index contributed by atoms with van der Waals surface area (Å²) in [7, 11) is 2.79. The molecule has 4 rings (SSSR count). The third-order valence-corrected chi connectivity index (χ3v) is 4.71. The molecule has 0 N–H and O–H groups in total. The molecular formula is C22H17F2N3O3. The molecule has 0 radical (unpaired) electrons. The Hall–Kier alpha value is -3.81. The normalized spacial score (nSPS) is 10.9. The van der Waals surface area contributed by atoms with Crippen molar-refractivity contribution in [2.24, 2.45) is 0 Å². The molecule has 152 valence electrons. The first kappa shape index (κ1) is 19.5. The number of hydrogen-bond acceptors (Lipinski definition) is 5. The number of carbonyl (C=O) groups excluding carboxylic acids is 1. The topological polar surface area (TPSA) is 66.2 Å². The molecule has 0 amide bonds. The van der Waals surface area contributed by atoms with Crippen LogP contribution in [0.1, 0.15) is 5.56 Å². The number of fused-ring (bicyclic) bond motifs is 1. The molecule has 0 aliphatic rings. The van der Waals surface area contributed by atoms with Gasteiger partial charge in [0.05, 0.1) is 31.5 Å². The van der Waals surface area contributed by atoms with E-state index in [-0.39, 0.29) is 24.0 Å². The van der Waals surface area contributed by atoms with Crippen LogP contribution in [0.4, 0.5) is 8.78 Å². The largest absolute Gasteiger partial charge is 0.480 e. The quantitative estimate of drug-likeness (QED) is 0.465. The van der Waals surface area contributed by atoms with Gasteiger partial charge in [-0.3, -0.25) is 4.79 Å². The standard InChI is InChI=1S/C22H17F2N3O3/c1-29-18(28)12-13-6-8-14(9-7-13)20-19-17(10-11-25-22(19)30-2)27(26-20)21-15(23)4-3-5-16(21)24/h3-11H,12H2,1-2H3. The van der Waals surface area contributed by atoms with Crippen LogP contribution in [0, 0.1) is 11.6 Å². The van der Waals surface area contributed by atoms with Crippen molar-refractivity contribution < 1.29 is 23.0 Å². The summed E-state index contributed by atoms with van der Waals surface area (Å²) in [6, 6.07) is 12.3. The van der Waals surface area contributed by atoms with Gasteiger partial charge >= 0.3 is 5.97 Å². The summed E-state index contributed by atoms with van der Waals surface area (Å²) in [4.78, 5) is 15.7. The number of methoxy groups -OCH3 is 2. The molecular weight excluding hydrogens is 392 g/mol. The average molecular weight is 409 g/mol. The smallest absolute Gasteiger partial charge is 0.309 e. The monoisotopic (exact) mass is 409 g/mol. The summed E-state index contributed by atoms with van der Waals surface area (Å²) >= 11 is 0. The Morgan fingerprint density at radius 1 is 1.03 bits per heavy atom. The van der Waals surface area contributed by atoms with Crippen LogP contribution in [0.2, 0.25) is 0 Å². The van der Waals surface area contributed by atoms with E-state index >= 15 is 0 Å². The van der Waals surface area contributed by atoms with Gasteiger partial charge in [0.1, 0.15) is 11.4 Å². The van der Waals surface area contributed by atoms with Crippen LogP contribution in [0.3, 0.4) is 0 Å². The molecule has 0 saturated carbocycles. The van der Waals surface area contributed by atoms with Crippen molar-refractivity contribution in [1.29, 1.82) is 0 Å². The van der Waals surface area contributed by atoms with Crippen molar-refractivity contribution in [2.75, 3.05) is 14.2 Å². The third-order valence-electron chi connectivity index (χ3n) is 4.71. The van der Waals surface area contributed by atoms with E-state index in [0.29, 0.717) is 22.2 Å². The summed E-state index contributed by atoms with van der Waals surface area (Å²) in [6.45, 7) is 0. The van der Waals surface area contributed by atoms with Gasteiger partial charge in [-0.05, 0) is 23.8 Å².